The summed E-state index contributed by atoms with van der Waals surface area (Å²) >= 11 is 0. The molecule has 192 valence electrons. The highest BCUT2D eigenvalue weighted by Crippen LogP contribution is 2.18. The number of cyclic esters (lactones) is 1. The van der Waals surface area contributed by atoms with Crippen molar-refractivity contribution < 1.29 is 24.2 Å². The fourth-order valence-electron chi connectivity index (χ4n) is 4.26. The van der Waals surface area contributed by atoms with E-state index in [-0.39, 0.29) is 49.4 Å². The first-order valence-corrected chi connectivity index (χ1v) is 12.5. The largest absolute Gasteiger partial charge is 0.463 e. The number of aliphatic hydroxyl groups is 1. The van der Waals surface area contributed by atoms with Crippen LogP contribution in [0, 0.1) is 11.8 Å². The quantitative estimate of drug-likeness (QED) is 0.388. The van der Waals surface area contributed by atoms with E-state index in [1.807, 2.05) is 72.8 Å². The molecule has 4 atom stereocenters. The Hall–Kier alpha value is -3.45. The number of rotatable bonds is 8. The Morgan fingerprint density at radius 1 is 1.00 bits per heavy atom. The maximum absolute atomic E-state index is 12.9. The molecule has 2 aromatic rings. The summed E-state index contributed by atoms with van der Waals surface area (Å²) in [6.45, 7) is 1.66. The molecule has 0 spiro atoms. The van der Waals surface area contributed by atoms with Crippen molar-refractivity contribution in [1.82, 2.24) is 10.6 Å². The number of allylic oxidation sites excluding steroid dienone is 2. The number of carbonyl (C=O) groups excluding carboxylic acids is 3. The minimum Gasteiger partial charge on any atom is -0.463 e. The average molecular weight is 493 g/mol. The number of carbonyl (C=O) groups is 3. The number of aliphatic hydroxyl groups excluding tert-OH is 1. The second-order valence-electron chi connectivity index (χ2n) is 9.41. The summed E-state index contributed by atoms with van der Waals surface area (Å²) in [5.41, 5.74) is 2.07. The normalized spacial score (nSPS) is 21.9. The highest BCUT2D eigenvalue weighted by molar-refractivity contribution is 5.86. The van der Waals surface area contributed by atoms with E-state index in [9.17, 15) is 19.5 Å². The van der Waals surface area contributed by atoms with Gasteiger partial charge >= 0.3 is 5.97 Å². The molecule has 0 aliphatic carbocycles. The molecule has 2 amide bonds. The fourth-order valence-corrected chi connectivity index (χ4v) is 4.26. The molecule has 1 heterocycles. The van der Waals surface area contributed by atoms with E-state index in [0.717, 1.165) is 11.1 Å². The summed E-state index contributed by atoms with van der Waals surface area (Å²) in [6.07, 6.45) is 5.70. The molecule has 0 aromatic heterocycles. The Kier molecular flexibility index (Phi) is 10.7. The van der Waals surface area contributed by atoms with Crippen LogP contribution in [-0.2, 0) is 32.0 Å². The molecular weight excluding hydrogens is 456 g/mol. The molecule has 3 rings (SSSR count). The summed E-state index contributed by atoms with van der Waals surface area (Å²) in [7, 11) is 0. The highest BCUT2D eigenvalue weighted by Gasteiger charge is 2.26. The minimum atomic E-state index is -0.567. The van der Waals surface area contributed by atoms with Gasteiger partial charge in [-0.1, -0.05) is 72.8 Å². The van der Waals surface area contributed by atoms with Crippen molar-refractivity contribution in [2.24, 2.45) is 11.8 Å². The summed E-state index contributed by atoms with van der Waals surface area (Å²) in [6, 6.07) is 18.6. The zero-order valence-electron chi connectivity index (χ0n) is 20.8. The van der Waals surface area contributed by atoms with E-state index in [1.165, 1.54) is 0 Å². The summed E-state index contributed by atoms with van der Waals surface area (Å²) in [5, 5.41) is 15.5. The lowest BCUT2D eigenvalue weighted by atomic mass is 9.94. The molecule has 1 aliphatic rings. The van der Waals surface area contributed by atoms with Gasteiger partial charge in [-0.2, -0.15) is 0 Å². The molecule has 0 unspecified atom stereocenters. The lowest BCUT2D eigenvalue weighted by Crippen LogP contribution is -2.44. The van der Waals surface area contributed by atoms with Gasteiger partial charge in [-0.3, -0.25) is 14.4 Å². The predicted molar refractivity (Wildman–Crippen MR) is 138 cm³/mol. The van der Waals surface area contributed by atoms with Crippen LogP contribution in [0.4, 0.5) is 0 Å². The van der Waals surface area contributed by atoms with E-state index >= 15 is 0 Å². The van der Waals surface area contributed by atoms with Crippen LogP contribution in [0.2, 0.25) is 0 Å². The van der Waals surface area contributed by atoms with Gasteiger partial charge in [0.2, 0.25) is 11.8 Å². The molecule has 0 saturated carbocycles. The smallest absolute Gasteiger partial charge is 0.309 e. The predicted octanol–water partition coefficient (Wildman–Crippen LogP) is 2.97. The third-order valence-corrected chi connectivity index (χ3v) is 6.24. The van der Waals surface area contributed by atoms with Gasteiger partial charge < -0.3 is 20.5 Å². The number of benzene rings is 2. The SMILES string of the molecule is C[C@H]1COC(=O)[C@@H](Cc2ccccc2)CC=CC[C@H](CC(=O)N[C@H](CO)Cc2ccccc2)C(=O)N1. The Balaban J connectivity index is 1.63. The van der Waals surface area contributed by atoms with Crippen molar-refractivity contribution in [3.63, 3.8) is 0 Å². The van der Waals surface area contributed by atoms with Gasteiger partial charge in [0.25, 0.3) is 0 Å². The van der Waals surface area contributed by atoms with Gasteiger partial charge in [0.15, 0.2) is 0 Å². The Morgan fingerprint density at radius 2 is 1.61 bits per heavy atom. The maximum atomic E-state index is 12.9. The number of ether oxygens (including phenoxy) is 1. The molecule has 0 fully saturated rings. The minimum absolute atomic E-state index is 0.00140. The van der Waals surface area contributed by atoms with E-state index < -0.39 is 12.0 Å². The topological polar surface area (TPSA) is 105 Å². The lowest BCUT2D eigenvalue weighted by molar-refractivity contribution is -0.149. The van der Waals surface area contributed by atoms with Crippen LogP contribution in [-0.4, -0.2) is 48.2 Å². The standard InChI is InChI=1S/C29H36N2O5/c1-21-20-36-29(35)25(16-22-10-4-2-5-11-22)15-9-8-14-24(28(34)30-21)18-27(33)31-26(19-32)17-23-12-6-3-7-13-23/h2-13,21,24-26,32H,14-20H2,1H3,(H,30,34)(H,31,33)/t21-,24+,25+,26-/m0/s1. The van der Waals surface area contributed by atoms with Crippen LogP contribution < -0.4 is 10.6 Å². The monoisotopic (exact) mass is 492 g/mol. The van der Waals surface area contributed by atoms with E-state index in [4.69, 9.17) is 4.74 Å². The molecule has 0 radical (unpaired) electrons. The second-order valence-corrected chi connectivity index (χ2v) is 9.41. The molecule has 7 heteroatoms. The van der Waals surface area contributed by atoms with E-state index in [2.05, 4.69) is 10.6 Å². The maximum Gasteiger partial charge on any atom is 0.309 e. The number of esters is 1. The molecular formula is C29H36N2O5. The van der Waals surface area contributed by atoms with Gasteiger partial charge in [0, 0.05) is 6.42 Å². The Morgan fingerprint density at radius 3 is 2.25 bits per heavy atom. The average Bonchev–Trinajstić information content (AvgIpc) is 2.88. The first-order chi connectivity index (χ1) is 17.4. The van der Waals surface area contributed by atoms with Crippen molar-refractivity contribution in [2.45, 2.75) is 51.1 Å². The second kappa shape index (κ2) is 14.2. The zero-order chi connectivity index (χ0) is 25.8. The lowest BCUT2D eigenvalue weighted by Gasteiger charge is -2.23. The van der Waals surface area contributed by atoms with Gasteiger partial charge in [-0.05, 0) is 43.7 Å². The van der Waals surface area contributed by atoms with Crippen LogP contribution in [0.1, 0.15) is 37.3 Å². The number of hydrogen-bond acceptors (Lipinski definition) is 5. The van der Waals surface area contributed by atoms with Crippen LogP contribution in [0.3, 0.4) is 0 Å². The fraction of sp³-hybridized carbons (Fsp3) is 0.414. The molecule has 0 saturated heterocycles. The highest BCUT2D eigenvalue weighted by atomic mass is 16.5. The number of amides is 2. The number of hydrogen-bond donors (Lipinski definition) is 3. The van der Waals surface area contributed by atoms with Crippen LogP contribution in [0.15, 0.2) is 72.8 Å². The molecule has 3 N–H and O–H groups in total. The van der Waals surface area contributed by atoms with Crippen LogP contribution in [0.25, 0.3) is 0 Å². The van der Waals surface area contributed by atoms with E-state index in [1.54, 1.807) is 6.92 Å². The molecule has 0 bridgehead atoms. The van der Waals surface area contributed by atoms with Crippen molar-refractivity contribution in [1.29, 1.82) is 0 Å². The molecule has 1 aliphatic heterocycles. The first-order valence-electron chi connectivity index (χ1n) is 12.5. The summed E-state index contributed by atoms with van der Waals surface area (Å²) in [4.78, 5) is 38.4. The van der Waals surface area contributed by atoms with Crippen molar-refractivity contribution in [3.8, 4) is 0 Å². The Bertz CT molecular complexity index is 1010. The number of nitrogens with one attached hydrogen (secondary N) is 2. The summed E-state index contributed by atoms with van der Waals surface area (Å²) in [5.74, 6) is -1.72. The van der Waals surface area contributed by atoms with Crippen molar-refractivity contribution in [3.05, 3.63) is 83.9 Å². The third kappa shape index (κ3) is 8.96. The molecule has 36 heavy (non-hydrogen) atoms. The Labute approximate surface area is 212 Å². The first kappa shape index (κ1) is 27.1. The third-order valence-electron chi connectivity index (χ3n) is 6.24. The van der Waals surface area contributed by atoms with Gasteiger partial charge in [0.05, 0.1) is 30.5 Å². The van der Waals surface area contributed by atoms with Crippen LogP contribution in [0.5, 0.6) is 0 Å². The van der Waals surface area contributed by atoms with Crippen molar-refractivity contribution in [2.75, 3.05) is 13.2 Å². The van der Waals surface area contributed by atoms with Crippen molar-refractivity contribution >= 4 is 17.8 Å². The summed E-state index contributed by atoms with van der Waals surface area (Å²) < 4.78 is 5.51. The molecule has 2 aromatic carbocycles. The van der Waals surface area contributed by atoms with Gasteiger partial charge in [0.1, 0.15) is 6.61 Å². The van der Waals surface area contributed by atoms with E-state index in [0.29, 0.717) is 25.7 Å². The van der Waals surface area contributed by atoms with Gasteiger partial charge in [-0.15, -0.1) is 0 Å². The zero-order valence-corrected chi connectivity index (χ0v) is 20.8. The van der Waals surface area contributed by atoms with Crippen LogP contribution >= 0.6 is 0 Å². The van der Waals surface area contributed by atoms with Gasteiger partial charge in [-0.25, -0.2) is 0 Å². The molecule has 7 nitrogen and oxygen atoms in total.